The van der Waals surface area contributed by atoms with Gasteiger partial charge in [-0.05, 0) is 75.3 Å². The van der Waals surface area contributed by atoms with Crippen LogP contribution in [0.3, 0.4) is 0 Å². The zero-order valence-electron chi connectivity index (χ0n) is 22.1. The maximum atomic E-state index is 5.92. The minimum atomic E-state index is 0.372. The Morgan fingerprint density at radius 1 is 0.706 bits per heavy atom. The fourth-order valence-corrected chi connectivity index (χ4v) is 4.06. The van der Waals surface area contributed by atoms with Crippen LogP contribution in [0.2, 0.25) is 0 Å². The standard InChI is InChI=1S/C30H48N2O2/c1-4-6-8-9-10-13-17-27-24-31-30(32-25-27)28-18-20-29(21-19-28)34-23-15-11-12-16-26(3)33-22-14-7-5-2/h18-21,24-26H,4-17,22-23H2,1-3H3. The fourth-order valence-electron chi connectivity index (χ4n) is 4.06. The molecule has 0 aliphatic carbocycles. The first-order chi connectivity index (χ1) is 16.7. The van der Waals surface area contributed by atoms with Crippen LogP contribution in [0.25, 0.3) is 11.4 Å². The van der Waals surface area contributed by atoms with Crippen molar-refractivity contribution in [2.24, 2.45) is 0 Å². The van der Waals surface area contributed by atoms with Crippen LogP contribution in [0.1, 0.15) is 110 Å². The van der Waals surface area contributed by atoms with E-state index in [1.807, 2.05) is 24.5 Å². The van der Waals surface area contributed by atoms with Gasteiger partial charge in [-0.3, -0.25) is 0 Å². The van der Waals surface area contributed by atoms with Crippen LogP contribution >= 0.6 is 0 Å². The van der Waals surface area contributed by atoms with Crippen molar-refractivity contribution in [2.75, 3.05) is 13.2 Å². The fraction of sp³-hybridized carbons (Fsp3) is 0.667. The van der Waals surface area contributed by atoms with Gasteiger partial charge in [-0.15, -0.1) is 0 Å². The van der Waals surface area contributed by atoms with Crippen molar-refractivity contribution in [3.63, 3.8) is 0 Å². The lowest BCUT2D eigenvalue weighted by atomic mass is 10.1. The Balaban J connectivity index is 1.59. The molecule has 0 saturated carbocycles. The molecule has 34 heavy (non-hydrogen) atoms. The maximum Gasteiger partial charge on any atom is 0.159 e. The molecule has 1 aromatic carbocycles. The van der Waals surface area contributed by atoms with E-state index in [0.717, 1.165) is 49.6 Å². The van der Waals surface area contributed by atoms with Crippen LogP contribution in [0.15, 0.2) is 36.7 Å². The Bertz CT molecular complexity index is 730. The number of unbranched alkanes of at least 4 members (excludes halogenated alkanes) is 9. The van der Waals surface area contributed by atoms with Crippen molar-refractivity contribution in [2.45, 2.75) is 117 Å². The third-order valence-electron chi connectivity index (χ3n) is 6.31. The van der Waals surface area contributed by atoms with Crippen molar-refractivity contribution >= 4 is 0 Å². The summed E-state index contributed by atoms with van der Waals surface area (Å²) in [6, 6.07) is 8.15. The van der Waals surface area contributed by atoms with Gasteiger partial charge in [0.05, 0.1) is 12.7 Å². The molecule has 4 heteroatoms. The van der Waals surface area contributed by atoms with Gasteiger partial charge in [0.1, 0.15) is 5.75 Å². The van der Waals surface area contributed by atoms with Gasteiger partial charge in [0.15, 0.2) is 5.82 Å². The summed E-state index contributed by atoms with van der Waals surface area (Å²) < 4.78 is 11.8. The van der Waals surface area contributed by atoms with Crippen LogP contribution in [0, 0.1) is 0 Å². The summed E-state index contributed by atoms with van der Waals surface area (Å²) in [5, 5.41) is 0. The summed E-state index contributed by atoms with van der Waals surface area (Å²) >= 11 is 0. The average Bonchev–Trinajstić information content (AvgIpc) is 2.87. The van der Waals surface area contributed by atoms with Crippen molar-refractivity contribution in [3.8, 4) is 17.1 Å². The molecule has 4 nitrogen and oxygen atoms in total. The molecular formula is C30H48N2O2. The molecule has 190 valence electrons. The lowest BCUT2D eigenvalue weighted by molar-refractivity contribution is 0.0557. The molecule has 1 unspecified atom stereocenters. The summed E-state index contributed by atoms with van der Waals surface area (Å²) in [6.45, 7) is 8.34. The molecule has 0 amide bonds. The van der Waals surface area contributed by atoms with Crippen LogP contribution in [0.4, 0.5) is 0 Å². The molecule has 0 spiro atoms. The van der Waals surface area contributed by atoms with Crippen LogP contribution in [-0.4, -0.2) is 29.3 Å². The van der Waals surface area contributed by atoms with Crippen LogP contribution in [0.5, 0.6) is 5.75 Å². The van der Waals surface area contributed by atoms with Crippen molar-refractivity contribution < 1.29 is 9.47 Å². The lowest BCUT2D eigenvalue weighted by Gasteiger charge is -2.13. The number of hydrogen-bond acceptors (Lipinski definition) is 4. The first-order valence-corrected chi connectivity index (χ1v) is 13.9. The van der Waals surface area contributed by atoms with E-state index in [2.05, 4.69) is 42.9 Å². The van der Waals surface area contributed by atoms with E-state index < -0.39 is 0 Å². The second-order valence-corrected chi connectivity index (χ2v) is 9.54. The summed E-state index contributed by atoms with van der Waals surface area (Å²) in [5.74, 6) is 1.69. The Hall–Kier alpha value is -1.94. The van der Waals surface area contributed by atoms with Crippen LogP contribution in [-0.2, 0) is 11.2 Å². The number of ether oxygens (including phenoxy) is 2. The average molecular weight is 469 g/mol. The molecule has 0 aliphatic heterocycles. The highest BCUT2D eigenvalue weighted by molar-refractivity contribution is 5.55. The Morgan fingerprint density at radius 3 is 2.06 bits per heavy atom. The largest absolute Gasteiger partial charge is 0.494 e. The molecule has 1 atom stereocenters. The molecule has 0 aliphatic rings. The molecule has 1 aromatic heterocycles. The minimum Gasteiger partial charge on any atom is -0.494 e. The van der Waals surface area contributed by atoms with Crippen molar-refractivity contribution in [1.82, 2.24) is 9.97 Å². The minimum absolute atomic E-state index is 0.372. The topological polar surface area (TPSA) is 44.2 Å². The molecular weight excluding hydrogens is 420 g/mol. The predicted octanol–water partition coefficient (Wildman–Crippen LogP) is 8.58. The predicted molar refractivity (Wildman–Crippen MR) is 143 cm³/mol. The summed E-state index contributed by atoms with van der Waals surface area (Å²) in [5.41, 5.74) is 2.27. The van der Waals surface area contributed by atoms with Gasteiger partial charge in [-0.2, -0.15) is 0 Å². The smallest absolute Gasteiger partial charge is 0.159 e. The monoisotopic (exact) mass is 468 g/mol. The van der Waals surface area contributed by atoms with E-state index in [1.54, 1.807) is 0 Å². The zero-order valence-corrected chi connectivity index (χ0v) is 22.1. The summed E-state index contributed by atoms with van der Waals surface area (Å²) in [7, 11) is 0. The summed E-state index contributed by atoms with van der Waals surface area (Å²) in [6.07, 6.45) is 21.6. The second kappa shape index (κ2) is 18.4. The lowest BCUT2D eigenvalue weighted by Crippen LogP contribution is -2.09. The SMILES string of the molecule is CCCCCCCCc1cnc(-c2ccc(OCCCCCC(C)OCCCCC)cc2)nc1. The van der Waals surface area contributed by atoms with Gasteiger partial charge in [-0.1, -0.05) is 65.2 Å². The number of benzene rings is 1. The number of rotatable bonds is 20. The molecule has 0 fully saturated rings. The Labute approximate surface area is 208 Å². The normalized spacial score (nSPS) is 12.1. The third-order valence-corrected chi connectivity index (χ3v) is 6.31. The maximum absolute atomic E-state index is 5.92. The number of nitrogens with zero attached hydrogens (tertiary/aromatic N) is 2. The molecule has 0 N–H and O–H groups in total. The molecule has 0 radical (unpaired) electrons. The van der Waals surface area contributed by atoms with Gasteiger partial charge in [0, 0.05) is 24.6 Å². The van der Waals surface area contributed by atoms with Gasteiger partial charge in [0.25, 0.3) is 0 Å². The molecule has 2 rings (SSSR count). The van der Waals surface area contributed by atoms with Crippen molar-refractivity contribution in [3.05, 3.63) is 42.2 Å². The van der Waals surface area contributed by atoms with Gasteiger partial charge < -0.3 is 9.47 Å². The number of aromatic nitrogens is 2. The highest BCUT2D eigenvalue weighted by Crippen LogP contribution is 2.20. The van der Waals surface area contributed by atoms with E-state index in [4.69, 9.17) is 9.47 Å². The zero-order chi connectivity index (χ0) is 24.3. The van der Waals surface area contributed by atoms with Crippen LogP contribution < -0.4 is 4.74 Å². The van der Waals surface area contributed by atoms with E-state index in [-0.39, 0.29) is 0 Å². The number of hydrogen-bond donors (Lipinski definition) is 0. The molecule has 2 aromatic rings. The third kappa shape index (κ3) is 12.5. The molecule has 1 heterocycles. The Morgan fingerprint density at radius 2 is 1.32 bits per heavy atom. The van der Waals surface area contributed by atoms with Gasteiger partial charge >= 0.3 is 0 Å². The van der Waals surface area contributed by atoms with E-state index in [1.165, 1.54) is 76.2 Å². The number of aryl methyl sites for hydroxylation is 1. The second-order valence-electron chi connectivity index (χ2n) is 9.54. The highest BCUT2D eigenvalue weighted by Gasteiger charge is 2.04. The van der Waals surface area contributed by atoms with E-state index in [0.29, 0.717) is 6.10 Å². The highest BCUT2D eigenvalue weighted by atomic mass is 16.5. The Kier molecular flexibility index (Phi) is 15.3. The van der Waals surface area contributed by atoms with Gasteiger partial charge in [-0.25, -0.2) is 9.97 Å². The quantitative estimate of drug-likeness (QED) is 0.182. The first kappa shape index (κ1) is 28.3. The summed E-state index contributed by atoms with van der Waals surface area (Å²) in [4.78, 5) is 9.17. The molecule has 0 bridgehead atoms. The first-order valence-electron chi connectivity index (χ1n) is 13.9. The van der Waals surface area contributed by atoms with E-state index >= 15 is 0 Å². The van der Waals surface area contributed by atoms with Gasteiger partial charge in [0.2, 0.25) is 0 Å². The van der Waals surface area contributed by atoms with E-state index in [9.17, 15) is 0 Å². The molecule has 0 saturated heterocycles. The van der Waals surface area contributed by atoms with Crippen molar-refractivity contribution in [1.29, 1.82) is 0 Å².